The van der Waals surface area contributed by atoms with Crippen LogP contribution >= 0.6 is 0 Å². The molecule has 3 atom stereocenters. The zero-order valence-corrected chi connectivity index (χ0v) is 10.7. The van der Waals surface area contributed by atoms with E-state index in [1.807, 2.05) is 0 Å². The summed E-state index contributed by atoms with van der Waals surface area (Å²) < 4.78 is 43.2. The van der Waals surface area contributed by atoms with Crippen LogP contribution in [0.2, 0.25) is 0 Å². The Hall–Kier alpha value is -1.85. The first-order valence-electron chi connectivity index (χ1n) is 6.20. The minimum atomic E-state index is -4.58. The number of carbonyl (C=O) groups excluding carboxylic acids is 2. The number of esters is 1. The lowest BCUT2D eigenvalue weighted by Gasteiger charge is -2.04. The maximum absolute atomic E-state index is 12.9. The Labute approximate surface area is 113 Å². The van der Waals surface area contributed by atoms with E-state index in [1.165, 1.54) is 19.1 Å². The van der Waals surface area contributed by atoms with Gasteiger partial charge in [0.2, 0.25) is 0 Å². The summed E-state index contributed by atoms with van der Waals surface area (Å²) in [7, 11) is 0. The van der Waals surface area contributed by atoms with E-state index in [0.717, 1.165) is 0 Å². The van der Waals surface area contributed by atoms with Crippen LogP contribution < -0.4 is 0 Å². The third-order valence-electron chi connectivity index (χ3n) is 3.32. The lowest BCUT2D eigenvalue weighted by atomic mass is 10.1. The molecule has 1 aromatic carbocycles. The molecule has 108 valence electrons. The van der Waals surface area contributed by atoms with Crippen LogP contribution in [0.15, 0.2) is 30.3 Å². The topological polar surface area (TPSA) is 43.4 Å². The van der Waals surface area contributed by atoms with Crippen LogP contribution in [0.3, 0.4) is 0 Å². The van der Waals surface area contributed by atoms with E-state index < -0.39 is 35.7 Å². The van der Waals surface area contributed by atoms with Gasteiger partial charge in [-0.15, -0.1) is 0 Å². The second-order valence-corrected chi connectivity index (χ2v) is 4.60. The summed E-state index contributed by atoms with van der Waals surface area (Å²) in [5, 5.41) is 0. The molecule has 1 aliphatic rings. The molecule has 0 unspecified atom stereocenters. The Morgan fingerprint density at radius 2 is 1.75 bits per heavy atom. The van der Waals surface area contributed by atoms with Crippen molar-refractivity contribution in [3.63, 3.8) is 0 Å². The maximum Gasteiger partial charge on any atom is 0.393 e. The van der Waals surface area contributed by atoms with Gasteiger partial charge in [0.1, 0.15) is 0 Å². The van der Waals surface area contributed by atoms with Crippen LogP contribution in [0.4, 0.5) is 13.2 Å². The van der Waals surface area contributed by atoms with E-state index in [2.05, 4.69) is 4.74 Å². The van der Waals surface area contributed by atoms with Crippen molar-refractivity contribution in [3.05, 3.63) is 35.9 Å². The third-order valence-corrected chi connectivity index (χ3v) is 3.32. The quantitative estimate of drug-likeness (QED) is 0.631. The molecule has 1 fully saturated rings. The highest BCUT2D eigenvalue weighted by molar-refractivity contribution is 6.03. The zero-order chi connectivity index (χ0) is 14.9. The van der Waals surface area contributed by atoms with Crippen molar-refractivity contribution in [1.82, 2.24) is 0 Å². The van der Waals surface area contributed by atoms with Gasteiger partial charge in [-0.1, -0.05) is 30.3 Å². The highest BCUT2D eigenvalue weighted by Gasteiger charge is 2.70. The minimum Gasteiger partial charge on any atom is -0.466 e. The number of rotatable bonds is 4. The maximum atomic E-state index is 12.9. The molecule has 0 radical (unpaired) electrons. The molecule has 2 rings (SSSR count). The van der Waals surface area contributed by atoms with Crippen molar-refractivity contribution in [2.45, 2.75) is 13.1 Å². The average Bonchev–Trinajstić information content (AvgIpc) is 3.14. The molecule has 1 aromatic rings. The molecule has 3 nitrogen and oxygen atoms in total. The number of carbonyl (C=O) groups is 2. The molecule has 1 saturated carbocycles. The van der Waals surface area contributed by atoms with Crippen molar-refractivity contribution in [2.75, 3.05) is 6.61 Å². The molecule has 0 heterocycles. The first-order chi connectivity index (χ1) is 9.38. The zero-order valence-electron chi connectivity index (χ0n) is 10.7. The van der Waals surface area contributed by atoms with Gasteiger partial charge in [-0.2, -0.15) is 13.2 Å². The lowest BCUT2D eigenvalue weighted by molar-refractivity contribution is -0.163. The summed E-state index contributed by atoms with van der Waals surface area (Å²) >= 11 is 0. The van der Waals surface area contributed by atoms with Crippen LogP contribution in [-0.4, -0.2) is 24.5 Å². The van der Waals surface area contributed by atoms with Crippen molar-refractivity contribution in [1.29, 1.82) is 0 Å². The summed E-state index contributed by atoms with van der Waals surface area (Å²) in [5.74, 6) is -6.33. The number of hydrogen-bond donors (Lipinski definition) is 0. The van der Waals surface area contributed by atoms with E-state index in [4.69, 9.17) is 0 Å². The van der Waals surface area contributed by atoms with Crippen LogP contribution in [0, 0.1) is 17.8 Å². The summed E-state index contributed by atoms with van der Waals surface area (Å²) in [4.78, 5) is 23.6. The molecular formula is C14H13F3O3. The first kappa shape index (κ1) is 14.6. The van der Waals surface area contributed by atoms with Crippen molar-refractivity contribution in [3.8, 4) is 0 Å². The smallest absolute Gasteiger partial charge is 0.393 e. The summed E-state index contributed by atoms with van der Waals surface area (Å²) in [6.45, 7) is 1.50. The van der Waals surface area contributed by atoms with E-state index >= 15 is 0 Å². The Morgan fingerprint density at radius 3 is 2.25 bits per heavy atom. The molecule has 6 heteroatoms. The molecule has 0 amide bonds. The third kappa shape index (κ3) is 2.69. The summed E-state index contributed by atoms with van der Waals surface area (Å²) in [5.41, 5.74) is 0.179. The van der Waals surface area contributed by atoms with Crippen LogP contribution in [-0.2, 0) is 9.53 Å². The Morgan fingerprint density at radius 1 is 1.15 bits per heavy atom. The molecule has 20 heavy (non-hydrogen) atoms. The number of alkyl halides is 3. The highest BCUT2D eigenvalue weighted by Crippen LogP contribution is 2.57. The van der Waals surface area contributed by atoms with Crippen molar-refractivity contribution >= 4 is 11.8 Å². The predicted molar refractivity (Wildman–Crippen MR) is 63.9 cm³/mol. The van der Waals surface area contributed by atoms with Crippen molar-refractivity contribution < 1.29 is 27.5 Å². The number of ether oxygens (including phenoxy) is 1. The monoisotopic (exact) mass is 286 g/mol. The first-order valence-corrected chi connectivity index (χ1v) is 6.20. The fourth-order valence-electron chi connectivity index (χ4n) is 2.37. The standard InChI is InChI=1S/C14H13F3O3/c1-2-20-13(19)10-9(11(10)14(15,16)17)12(18)8-6-4-3-5-7-8/h3-7,9-11H,2H2,1H3/t9-,10-,11-/m1/s1. The second kappa shape index (κ2) is 5.26. The molecule has 0 spiro atoms. The van der Waals surface area contributed by atoms with Crippen LogP contribution in [0.1, 0.15) is 17.3 Å². The second-order valence-electron chi connectivity index (χ2n) is 4.60. The highest BCUT2D eigenvalue weighted by atomic mass is 19.4. The van der Waals surface area contributed by atoms with Crippen LogP contribution in [0.5, 0.6) is 0 Å². The molecule has 1 aliphatic carbocycles. The number of halogens is 3. The molecule has 0 N–H and O–H groups in total. The van der Waals surface area contributed by atoms with Crippen LogP contribution in [0.25, 0.3) is 0 Å². The number of Topliss-reactive ketones (excluding diaryl/α,β-unsaturated/α-hetero) is 1. The molecular weight excluding hydrogens is 273 g/mol. The SMILES string of the molecule is CCOC(=O)[C@@H]1[C@@H](C(=O)c2ccccc2)[C@H]1C(F)(F)F. The fourth-order valence-corrected chi connectivity index (χ4v) is 2.37. The number of hydrogen-bond acceptors (Lipinski definition) is 3. The molecule has 0 bridgehead atoms. The molecule has 0 aliphatic heterocycles. The van der Waals surface area contributed by atoms with Crippen molar-refractivity contribution in [2.24, 2.45) is 17.8 Å². The minimum absolute atomic E-state index is 0.00778. The lowest BCUT2D eigenvalue weighted by Crippen LogP contribution is -2.17. The fraction of sp³-hybridized carbons (Fsp3) is 0.429. The van der Waals surface area contributed by atoms with Gasteiger partial charge in [-0.05, 0) is 6.92 Å². The van der Waals surface area contributed by atoms with Gasteiger partial charge in [-0.3, -0.25) is 9.59 Å². The van der Waals surface area contributed by atoms with Gasteiger partial charge in [-0.25, -0.2) is 0 Å². The summed E-state index contributed by atoms with van der Waals surface area (Å²) in [6, 6.07) is 7.68. The summed E-state index contributed by atoms with van der Waals surface area (Å²) in [6.07, 6.45) is -4.58. The van der Waals surface area contributed by atoms with Gasteiger partial charge in [0.05, 0.1) is 18.4 Å². The molecule has 0 aromatic heterocycles. The van der Waals surface area contributed by atoms with Gasteiger partial charge >= 0.3 is 12.1 Å². The Bertz CT molecular complexity index is 510. The number of ketones is 1. The van der Waals surface area contributed by atoms with Gasteiger partial charge in [0.25, 0.3) is 0 Å². The largest absolute Gasteiger partial charge is 0.466 e. The molecule has 0 saturated heterocycles. The van der Waals surface area contributed by atoms with Gasteiger partial charge in [0, 0.05) is 11.5 Å². The van der Waals surface area contributed by atoms with E-state index in [1.54, 1.807) is 18.2 Å². The normalized spacial score (nSPS) is 25.1. The van der Waals surface area contributed by atoms with E-state index in [0.29, 0.717) is 0 Å². The van der Waals surface area contributed by atoms with E-state index in [-0.39, 0.29) is 12.2 Å². The number of benzene rings is 1. The average molecular weight is 286 g/mol. The van der Waals surface area contributed by atoms with Gasteiger partial charge < -0.3 is 4.74 Å². The Kier molecular flexibility index (Phi) is 3.83. The Balaban J connectivity index is 2.21. The predicted octanol–water partition coefficient (Wildman–Crippen LogP) is 2.86. The van der Waals surface area contributed by atoms with Gasteiger partial charge in [0.15, 0.2) is 5.78 Å². The van der Waals surface area contributed by atoms with E-state index in [9.17, 15) is 22.8 Å².